The van der Waals surface area contributed by atoms with Crippen LogP contribution in [0, 0.1) is 0 Å². The fraction of sp³-hybridized carbons (Fsp3) is 0.333. The zero-order valence-corrected chi connectivity index (χ0v) is 8.48. The predicted molar refractivity (Wildman–Crippen MR) is 54.4 cm³/mol. The van der Waals surface area contributed by atoms with Gasteiger partial charge in [0.2, 0.25) is 0 Å². The van der Waals surface area contributed by atoms with Gasteiger partial charge in [-0.05, 0) is 18.2 Å². The lowest BCUT2D eigenvalue weighted by atomic mass is 10.2. The summed E-state index contributed by atoms with van der Waals surface area (Å²) in [5.41, 5.74) is 5.28. The Bertz CT molecular complexity index is 367. The van der Waals surface area contributed by atoms with Gasteiger partial charge in [0.25, 0.3) is 0 Å². The maximum atomic E-state index is 12.4. The van der Waals surface area contributed by atoms with Gasteiger partial charge in [-0.3, -0.25) is 0 Å². The molecule has 2 N–H and O–H groups in total. The first-order valence-corrected chi connectivity index (χ1v) is 5.34. The Labute approximate surface area is 89.2 Å². The molecule has 1 atom stereocenters. The van der Waals surface area contributed by atoms with Gasteiger partial charge in [-0.25, -0.2) is 0 Å². The van der Waals surface area contributed by atoms with Gasteiger partial charge in [0.15, 0.2) is 0 Å². The highest BCUT2D eigenvalue weighted by atomic mass is 32.2. The Kier molecular flexibility index (Phi) is 2.56. The number of anilines is 1. The Morgan fingerprint density at radius 2 is 2.13 bits per heavy atom. The maximum Gasteiger partial charge on any atom is 0.416 e. The van der Waals surface area contributed by atoms with Crippen LogP contribution in [0.2, 0.25) is 0 Å². The third kappa shape index (κ3) is 2.05. The van der Waals surface area contributed by atoms with Crippen LogP contribution >= 0.6 is 11.8 Å². The summed E-state index contributed by atoms with van der Waals surface area (Å²) in [5.74, 6) is 0.641. The van der Waals surface area contributed by atoms with Crippen molar-refractivity contribution >= 4 is 17.4 Å². The molecule has 82 valence electrons. The normalized spacial score (nSPS) is 21.3. The van der Waals surface area contributed by atoms with Gasteiger partial charge in [0.05, 0.1) is 11.4 Å². The molecule has 0 aromatic heterocycles. The molecule has 0 aliphatic carbocycles. The minimum Gasteiger partial charge on any atom is -0.338 e. The second kappa shape index (κ2) is 3.61. The van der Waals surface area contributed by atoms with Crippen molar-refractivity contribution < 1.29 is 13.2 Å². The van der Waals surface area contributed by atoms with Crippen LogP contribution in [0.15, 0.2) is 24.3 Å². The first-order chi connectivity index (χ1) is 6.98. The van der Waals surface area contributed by atoms with E-state index in [4.69, 9.17) is 5.73 Å². The van der Waals surface area contributed by atoms with E-state index in [-0.39, 0.29) is 5.50 Å². The number of alkyl halides is 3. The molecule has 1 aromatic carbocycles. The van der Waals surface area contributed by atoms with E-state index in [1.807, 2.05) is 0 Å². The van der Waals surface area contributed by atoms with E-state index in [1.165, 1.54) is 17.8 Å². The summed E-state index contributed by atoms with van der Waals surface area (Å²) < 4.78 is 37.2. The molecule has 15 heavy (non-hydrogen) atoms. The predicted octanol–water partition coefficient (Wildman–Crippen LogP) is 2.46. The van der Waals surface area contributed by atoms with E-state index in [2.05, 4.69) is 0 Å². The summed E-state index contributed by atoms with van der Waals surface area (Å²) in [7, 11) is 0. The van der Waals surface area contributed by atoms with Crippen molar-refractivity contribution in [1.82, 2.24) is 0 Å². The molecule has 0 saturated carbocycles. The summed E-state index contributed by atoms with van der Waals surface area (Å²) >= 11 is 1.50. The standard InChI is InChI=1S/C9H9F3N2S/c10-9(11,12)6-2-1-3-7(4-6)14-5-15-8(14)13/h1-4,8H,5,13H2. The quantitative estimate of drug-likeness (QED) is 0.809. The van der Waals surface area contributed by atoms with Crippen molar-refractivity contribution in [3.8, 4) is 0 Å². The highest BCUT2D eigenvalue weighted by molar-refractivity contribution is 8.01. The van der Waals surface area contributed by atoms with E-state index in [0.29, 0.717) is 11.6 Å². The number of nitrogens with two attached hydrogens (primary N) is 1. The first-order valence-electron chi connectivity index (χ1n) is 4.29. The van der Waals surface area contributed by atoms with Gasteiger partial charge in [-0.2, -0.15) is 13.2 Å². The lowest BCUT2D eigenvalue weighted by molar-refractivity contribution is -0.137. The van der Waals surface area contributed by atoms with Crippen molar-refractivity contribution in [3.05, 3.63) is 29.8 Å². The SMILES string of the molecule is NC1SCN1c1cccc(C(F)(F)F)c1. The van der Waals surface area contributed by atoms with Crippen molar-refractivity contribution in [2.45, 2.75) is 11.7 Å². The van der Waals surface area contributed by atoms with Gasteiger partial charge in [-0.1, -0.05) is 17.8 Å². The molecule has 6 heteroatoms. The lowest BCUT2D eigenvalue weighted by Gasteiger charge is -2.39. The number of hydrogen-bond acceptors (Lipinski definition) is 3. The van der Waals surface area contributed by atoms with E-state index in [1.54, 1.807) is 11.0 Å². The van der Waals surface area contributed by atoms with E-state index in [0.717, 1.165) is 12.1 Å². The van der Waals surface area contributed by atoms with Crippen LogP contribution in [0.5, 0.6) is 0 Å². The molecule has 2 rings (SSSR count). The Morgan fingerprint density at radius 1 is 1.40 bits per heavy atom. The minimum absolute atomic E-state index is 0.228. The maximum absolute atomic E-state index is 12.4. The number of thioether (sulfide) groups is 1. The fourth-order valence-corrected chi connectivity index (χ4v) is 2.06. The van der Waals surface area contributed by atoms with Crippen molar-refractivity contribution in [1.29, 1.82) is 0 Å². The Hall–Kier alpha value is -0.880. The molecule has 0 bridgehead atoms. The summed E-state index contributed by atoms with van der Waals surface area (Å²) in [6.45, 7) is 0. The first kappa shape index (κ1) is 10.6. The molecule has 1 aliphatic rings. The third-order valence-electron chi connectivity index (χ3n) is 2.20. The largest absolute Gasteiger partial charge is 0.416 e. The number of nitrogens with zero attached hydrogens (tertiary/aromatic N) is 1. The van der Waals surface area contributed by atoms with Gasteiger partial charge >= 0.3 is 6.18 Å². The van der Waals surface area contributed by atoms with E-state index < -0.39 is 11.7 Å². The summed E-state index contributed by atoms with van der Waals surface area (Å²) in [6.07, 6.45) is -4.29. The molecule has 1 aliphatic heterocycles. The molecule has 1 saturated heterocycles. The molecular weight excluding hydrogens is 225 g/mol. The molecule has 2 nitrogen and oxygen atoms in total. The van der Waals surface area contributed by atoms with Gasteiger partial charge in [0.1, 0.15) is 5.50 Å². The topological polar surface area (TPSA) is 29.3 Å². The second-order valence-corrected chi connectivity index (χ2v) is 4.28. The van der Waals surface area contributed by atoms with Crippen LogP contribution in [-0.2, 0) is 6.18 Å². The average molecular weight is 234 g/mol. The smallest absolute Gasteiger partial charge is 0.338 e. The van der Waals surface area contributed by atoms with Gasteiger partial charge in [-0.15, -0.1) is 0 Å². The van der Waals surface area contributed by atoms with E-state index in [9.17, 15) is 13.2 Å². The van der Waals surface area contributed by atoms with Gasteiger partial charge in [0, 0.05) is 5.69 Å². The third-order valence-corrected chi connectivity index (χ3v) is 3.22. The van der Waals surface area contributed by atoms with E-state index >= 15 is 0 Å². The van der Waals surface area contributed by atoms with Crippen LogP contribution < -0.4 is 10.6 Å². The minimum atomic E-state index is -4.29. The van der Waals surface area contributed by atoms with Crippen LogP contribution in [0.4, 0.5) is 18.9 Å². The summed E-state index contributed by atoms with van der Waals surface area (Å²) in [4.78, 5) is 1.72. The molecule has 1 heterocycles. The number of benzene rings is 1. The lowest BCUT2D eigenvalue weighted by Crippen LogP contribution is -2.48. The van der Waals surface area contributed by atoms with Crippen molar-refractivity contribution in [2.24, 2.45) is 5.73 Å². The molecule has 1 unspecified atom stereocenters. The summed E-state index contributed by atoms with van der Waals surface area (Å²) in [5, 5.41) is 0. The molecule has 1 fully saturated rings. The number of rotatable bonds is 1. The molecule has 1 aromatic rings. The van der Waals surface area contributed by atoms with Crippen LogP contribution in [0.1, 0.15) is 5.56 Å². The van der Waals surface area contributed by atoms with Crippen LogP contribution in [0.25, 0.3) is 0 Å². The Morgan fingerprint density at radius 3 is 2.60 bits per heavy atom. The number of halogens is 3. The second-order valence-electron chi connectivity index (χ2n) is 3.20. The average Bonchev–Trinajstić information content (AvgIpc) is 2.15. The van der Waals surface area contributed by atoms with Crippen LogP contribution in [-0.4, -0.2) is 11.4 Å². The van der Waals surface area contributed by atoms with Crippen molar-refractivity contribution in [2.75, 3.05) is 10.8 Å². The highest BCUT2D eigenvalue weighted by Crippen LogP contribution is 2.35. The molecule has 0 spiro atoms. The zero-order chi connectivity index (χ0) is 11.1. The highest BCUT2D eigenvalue weighted by Gasteiger charge is 2.32. The molecule has 0 radical (unpaired) electrons. The zero-order valence-electron chi connectivity index (χ0n) is 7.66. The summed E-state index contributed by atoms with van der Waals surface area (Å²) in [6, 6.07) is 5.21. The van der Waals surface area contributed by atoms with Gasteiger partial charge < -0.3 is 10.6 Å². The van der Waals surface area contributed by atoms with Crippen molar-refractivity contribution in [3.63, 3.8) is 0 Å². The molecular formula is C9H9F3N2S. The monoisotopic (exact) mass is 234 g/mol. The Balaban J connectivity index is 2.27. The number of hydrogen-bond donors (Lipinski definition) is 1. The fourth-order valence-electron chi connectivity index (χ4n) is 1.32. The van der Waals surface area contributed by atoms with Crippen LogP contribution in [0.3, 0.4) is 0 Å². The molecule has 0 amide bonds.